The van der Waals surface area contributed by atoms with Crippen LogP contribution in [0, 0.1) is 6.92 Å². The number of imidazole rings is 1. The summed E-state index contributed by atoms with van der Waals surface area (Å²) < 4.78 is 7.18. The molecule has 90 valence electrons. The van der Waals surface area contributed by atoms with Gasteiger partial charge in [-0.1, -0.05) is 30.3 Å². The molecule has 0 bridgehead atoms. The van der Waals surface area contributed by atoms with E-state index >= 15 is 0 Å². The fourth-order valence-corrected chi connectivity index (χ4v) is 2.15. The van der Waals surface area contributed by atoms with Gasteiger partial charge in [0.05, 0.1) is 0 Å². The minimum Gasteiger partial charge on any atom is -0.457 e. The smallest absolute Gasteiger partial charge is 0.192 e. The lowest BCUT2D eigenvalue weighted by Gasteiger charge is -2.06. The van der Waals surface area contributed by atoms with Crippen LogP contribution in [0.4, 0.5) is 0 Å². The standard InChI is InChI=1S/C14H12N2O2/c1-10-15-12-9-18-13(8-17)14(12)16(10)7-11-5-3-2-4-6-11/h2-6,8-9H,7H2,1H3. The van der Waals surface area contributed by atoms with Crippen molar-refractivity contribution >= 4 is 17.3 Å². The van der Waals surface area contributed by atoms with Crippen LogP contribution in [0.5, 0.6) is 0 Å². The maximum atomic E-state index is 11.0. The second kappa shape index (κ2) is 4.14. The average molecular weight is 240 g/mol. The third kappa shape index (κ3) is 1.62. The van der Waals surface area contributed by atoms with Gasteiger partial charge in [0.15, 0.2) is 12.0 Å². The summed E-state index contributed by atoms with van der Waals surface area (Å²) in [4.78, 5) is 15.3. The number of benzene rings is 1. The zero-order valence-electron chi connectivity index (χ0n) is 9.96. The number of nitrogens with zero attached hydrogens (tertiary/aromatic N) is 2. The van der Waals surface area contributed by atoms with Gasteiger partial charge < -0.3 is 8.98 Å². The van der Waals surface area contributed by atoms with Gasteiger partial charge in [-0.2, -0.15) is 0 Å². The number of aryl methyl sites for hydroxylation is 1. The summed E-state index contributed by atoms with van der Waals surface area (Å²) in [6, 6.07) is 10.1. The predicted molar refractivity (Wildman–Crippen MR) is 67.7 cm³/mol. The molecule has 2 heterocycles. The van der Waals surface area contributed by atoms with Crippen molar-refractivity contribution in [3.8, 4) is 0 Å². The number of carbonyl (C=O) groups is 1. The SMILES string of the molecule is Cc1nc2coc(C=O)c2n1Cc1ccccc1. The topological polar surface area (TPSA) is 48.0 Å². The lowest BCUT2D eigenvalue weighted by Crippen LogP contribution is -2.02. The lowest BCUT2D eigenvalue weighted by molar-refractivity contribution is 0.110. The Labute approximate surface area is 104 Å². The average Bonchev–Trinajstić information content (AvgIpc) is 2.91. The summed E-state index contributed by atoms with van der Waals surface area (Å²) in [6.07, 6.45) is 2.25. The van der Waals surface area contributed by atoms with Gasteiger partial charge in [0.25, 0.3) is 0 Å². The molecule has 0 unspecified atom stereocenters. The van der Waals surface area contributed by atoms with E-state index in [-0.39, 0.29) is 0 Å². The number of rotatable bonds is 3. The number of furan rings is 1. The van der Waals surface area contributed by atoms with Crippen molar-refractivity contribution in [1.82, 2.24) is 9.55 Å². The number of aromatic nitrogens is 2. The highest BCUT2D eigenvalue weighted by Gasteiger charge is 2.15. The van der Waals surface area contributed by atoms with Gasteiger partial charge in [-0.05, 0) is 12.5 Å². The molecule has 0 saturated carbocycles. The molecule has 0 aliphatic heterocycles. The minimum atomic E-state index is 0.335. The van der Waals surface area contributed by atoms with E-state index in [4.69, 9.17) is 4.42 Å². The summed E-state index contributed by atoms with van der Waals surface area (Å²) >= 11 is 0. The van der Waals surface area contributed by atoms with Crippen LogP contribution < -0.4 is 0 Å². The Morgan fingerprint density at radius 1 is 1.33 bits per heavy atom. The Morgan fingerprint density at radius 2 is 2.11 bits per heavy atom. The van der Waals surface area contributed by atoms with Crippen LogP contribution in [0.1, 0.15) is 21.9 Å². The maximum Gasteiger partial charge on any atom is 0.192 e. The lowest BCUT2D eigenvalue weighted by atomic mass is 10.2. The number of carbonyl (C=O) groups excluding carboxylic acids is 1. The van der Waals surface area contributed by atoms with Crippen molar-refractivity contribution in [3.05, 3.63) is 53.7 Å². The van der Waals surface area contributed by atoms with Crippen molar-refractivity contribution in [1.29, 1.82) is 0 Å². The first-order chi connectivity index (χ1) is 8.79. The summed E-state index contributed by atoms with van der Waals surface area (Å²) in [5, 5.41) is 0. The van der Waals surface area contributed by atoms with Crippen LogP contribution in [-0.2, 0) is 6.54 Å². The number of aldehydes is 1. The van der Waals surface area contributed by atoms with Crippen molar-refractivity contribution < 1.29 is 9.21 Å². The molecule has 2 aromatic heterocycles. The minimum absolute atomic E-state index is 0.335. The Balaban J connectivity index is 2.13. The van der Waals surface area contributed by atoms with E-state index < -0.39 is 0 Å². The molecule has 18 heavy (non-hydrogen) atoms. The van der Waals surface area contributed by atoms with E-state index in [9.17, 15) is 4.79 Å². The molecule has 3 aromatic rings. The van der Waals surface area contributed by atoms with Crippen molar-refractivity contribution in [3.63, 3.8) is 0 Å². The molecule has 0 N–H and O–H groups in total. The number of hydrogen-bond acceptors (Lipinski definition) is 3. The molecule has 1 aromatic carbocycles. The highest BCUT2D eigenvalue weighted by molar-refractivity contribution is 5.92. The first-order valence-corrected chi connectivity index (χ1v) is 5.73. The van der Waals surface area contributed by atoms with Gasteiger partial charge in [0, 0.05) is 6.54 Å². The molecular formula is C14H12N2O2. The van der Waals surface area contributed by atoms with Crippen molar-refractivity contribution in [2.75, 3.05) is 0 Å². The normalized spacial score (nSPS) is 10.9. The van der Waals surface area contributed by atoms with Gasteiger partial charge in [-0.25, -0.2) is 4.98 Å². The maximum absolute atomic E-state index is 11.0. The Bertz CT molecular complexity index is 695. The van der Waals surface area contributed by atoms with E-state index in [0.29, 0.717) is 12.3 Å². The molecular weight excluding hydrogens is 228 g/mol. The molecule has 0 spiro atoms. The number of fused-ring (bicyclic) bond motifs is 1. The van der Waals surface area contributed by atoms with Crippen LogP contribution in [0.25, 0.3) is 11.0 Å². The highest BCUT2D eigenvalue weighted by atomic mass is 16.3. The van der Waals surface area contributed by atoms with Gasteiger partial charge in [-0.3, -0.25) is 4.79 Å². The molecule has 4 nitrogen and oxygen atoms in total. The summed E-state index contributed by atoms with van der Waals surface area (Å²) in [7, 11) is 0. The van der Waals surface area contributed by atoms with Crippen LogP contribution in [0.3, 0.4) is 0 Å². The largest absolute Gasteiger partial charge is 0.457 e. The fraction of sp³-hybridized carbons (Fsp3) is 0.143. The molecule has 3 rings (SSSR count). The first kappa shape index (κ1) is 10.8. The van der Waals surface area contributed by atoms with Gasteiger partial charge in [-0.15, -0.1) is 0 Å². The zero-order valence-corrected chi connectivity index (χ0v) is 9.96. The van der Waals surface area contributed by atoms with Gasteiger partial charge >= 0.3 is 0 Å². The van der Waals surface area contributed by atoms with Crippen molar-refractivity contribution in [2.24, 2.45) is 0 Å². The monoisotopic (exact) mass is 240 g/mol. The molecule has 0 radical (unpaired) electrons. The fourth-order valence-electron chi connectivity index (χ4n) is 2.15. The van der Waals surface area contributed by atoms with Crippen LogP contribution >= 0.6 is 0 Å². The van der Waals surface area contributed by atoms with E-state index in [1.807, 2.05) is 41.8 Å². The Kier molecular flexibility index (Phi) is 2.48. The van der Waals surface area contributed by atoms with Crippen LogP contribution in [-0.4, -0.2) is 15.8 Å². The zero-order chi connectivity index (χ0) is 12.5. The second-order valence-corrected chi connectivity index (χ2v) is 4.18. The highest BCUT2D eigenvalue weighted by Crippen LogP contribution is 2.22. The molecule has 0 aliphatic rings. The van der Waals surface area contributed by atoms with Crippen LogP contribution in [0.2, 0.25) is 0 Å². The van der Waals surface area contributed by atoms with Gasteiger partial charge in [0.2, 0.25) is 0 Å². The third-order valence-corrected chi connectivity index (χ3v) is 3.01. The quantitative estimate of drug-likeness (QED) is 0.661. The Hall–Kier alpha value is -2.36. The van der Waals surface area contributed by atoms with E-state index in [1.165, 1.54) is 6.26 Å². The molecule has 0 saturated heterocycles. The van der Waals surface area contributed by atoms with Crippen molar-refractivity contribution in [2.45, 2.75) is 13.5 Å². The van der Waals surface area contributed by atoms with Gasteiger partial charge in [0.1, 0.15) is 23.1 Å². The van der Waals surface area contributed by atoms with Crippen LogP contribution in [0.15, 0.2) is 41.0 Å². The molecule has 0 fully saturated rings. The number of hydrogen-bond donors (Lipinski definition) is 0. The van der Waals surface area contributed by atoms with E-state index in [0.717, 1.165) is 28.7 Å². The van der Waals surface area contributed by atoms with E-state index in [2.05, 4.69) is 4.98 Å². The van der Waals surface area contributed by atoms with E-state index in [1.54, 1.807) is 0 Å². The first-order valence-electron chi connectivity index (χ1n) is 5.73. The third-order valence-electron chi connectivity index (χ3n) is 3.01. The summed E-state index contributed by atoms with van der Waals surface area (Å²) in [6.45, 7) is 2.61. The summed E-state index contributed by atoms with van der Waals surface area (Å²) in [5.41, 5.74) is 2.66. The summed E-state index contributed by atoms with van der Waals surface area (Å²) in [5.74, 6) is 1.21. The molecule has 0 atom stereocenters. The molecule has 0 aliphatic carbocycles. The molecule has 4 heteroatoms. The molecule has 0 amide bonds. The predicted octanol–water partition coefficient (Wildman–Crippen LogP) is 2.80. The second-order valence-electron chi connectivity index (χ2n) is 4.18. The Morgan fingerprint density at radius 3 is 2.83 bits per heavy atom.